The molecule has 5 heteroatoms. The van der Waals surface area contributed by atoms with E-state index in [1.807, 2.05) is 54.6 Å². The molecule has 1 aliphatic rings. The first kappa shape index (κ1) is 18.2. The highest BCUT2D eigenvalue weighted by Gasteiger charge is 2.22. The van der Waals surface area contributed by atoms with E-state index < -0.39 is 0 Å². The molecule has 4 rings (SSSR count). The van der Waals surface area contributed by atoms with Crippen LogP contribution in [0.4, 0.5) is 0 Å². The summed E-state index contributed by atoms with van der Waals surface area (Å²) >= 11 is 0. The molecule has 2 amide bonds. The first-order valence-electron chi connectivity index (χ1n) is 9.59. The molecule has 0 radical (unpaired) electrons. The molecule has 1 saturated heterocycles. The fourth-order valence-corrected chi connectivity index (χ4v) is 3.76. The zero-order valence-corrected chi connectivity index (χ0v) is 15.9. The molecule has 0 bridgehead atoms. The van der Waals surface area contributed by atoms with Crippen LogP contribution < -0.4 is 10.6 Å². The third-order valence-corrected chi connectivity index (χ3v) is 5.31. The molecular formula is C23H23N3O2. The molecule has 3 aromatic rings. The van der Waals surface area contributed by atoms with Gasteiger partial charge in [0, 0.05) is 36.4 Å². The SMILES string of the molecule is Cc1c(CC(=O)NCC2CNC(=O)C2)c(-c2ccccc2)nc2ccccc12. The number of nitrogens with zero attached hydrogens (tertiary/aromatic N) is 1. The van der Waals surface area contributed by atoms with Crippen LogP contribution in [0.25, 0.3) is 22.2 Å². The Bertz CT molecular complexity index is 1030. The zero-order valence-electron chi connectivity index (χ0n) is 15.9. The minimum atomic E-state index is -0.0447. The van der Waals surface area contributed by atoms with Gasteiger partial charge in [-0.1, -0.05) is 48.5 Å². The number of carbonyl (C=O) groups excluding carboxylic acids is 2. The van der Waals surface area contributed by atoms with Gasteiger partial charge in [-0.2, -0.15) is 0 Å². The first-order chi connectivity index (χ1) is 13.6. The standard InChI is InChI=1S/C23H23N3O2/c1-15-18-9-5-6-10-20(18)26-23(17-7-3-2-4-8-17)19(15)12-22(28)25-14-16-11-21(27)24-13-16/h2-10,16H,11-14H2,1H3,(H,24,27)(H,25,28). The van der Waals surface area contributed by atoms with Gasteiger partial charge in [0.1, 0.15) is 0 Å². The second kappa shape index (κ2) is 7.80. The second-order valence-electron chi connectivity index (χ2n) is 7.30. The number of amides is 2. The quantitative estimate of drug-likeness (QED) is 0.722. The molecule has 0 saturated carbocycles. The van der Waals surface area contributed by atoms with Crippen LogP contribution >= 0.6 is 0 Å². The Morgan fingerprint density at radius 1 is 1.14 bits per heavy atom. The summed E-state index contributed by atoms with van der Waals surface area (Å²) in [4.78, 5) is 28.9. The summed E-state index contributed by atoms with van der Waals surface area (Å²) in [7, 11) is 0. The maximum absolute atomic E-state index is 12.7. The molecule has 1 aromatic heterocycles. The van der Waals surface area contributed by atoms with Crippen molar-refractivity contribution in [2.45, 2.75) is 19.8 Å². The minimum absolute atomic E-state index is 0.0447. The van der Waals surface area contributed by atoms with Gasteiger partial charge in [-0.25, -0.2) is 4.98 Å². The van der Waals surface area contributed by atoms with Gasteiger partial charge in [0.25, 0.3) is 0 Å². The molecule has 1 aliphatic heterocycles. The van der Waals surface area contributed by atoms with Crippen molar-refractivity contribution >= 4 is 22.7 Å². The minimum Gasteiger partial charge on any atom is -0.356 e. The number of rotatable bonds is 5. The van der Waals surface area contributed by atoms with Gasteiger partial charge in [-0.15, -0.1) is 0 Å². The van der Waals surface area contributed by atoms with Gasteiger partial charge in [-0.05, 0) is 24.1 Å². The number of pyridine rings is 1. The average molecular weight is 373 g/mol. The molecule has 2 aromatic carbocycles. The number of benzene rings is 2. The Labute approximate surface area is 164 Å². The van der Waals surface area contributed by atoms with E-state index in [1.165, 1.54) is 0 Å². The highest BCUT2D eigenvalue weighted by Crippen LogP contribution is 2.30. The predicted octanol–water partition coefficient (Wildman–Crippen LogP) is 3.01. The average Bonchev–Trinajstić information content (AvgIpc) is 3.14. The van der Waals surface area contributed by atoms with Gasteiger partial charge in [-0.3, -0.25) is 9.59 Å². The number of nitrogens with one attached hydrogen (secondary N) is 2. The van der Waals surface area contributed by atoms with E-state index in [0.29, 0.717) is 19.5 Å². The molecule has 0 aliphatic carbocycles. The van der Waals surface area contributed by atoms with Crippen LogP contribution in [0.2, 0.25) is 0 Å². The van der Waals surface area contributed by atoms with Crippen molar-refractivity contribution < 1.29 is 9.59 Å². The van der Waals surface area contributed by atoms with Crippen molar-refractivity contribution in [3.05, 3.63) is 65.7 Å². The maximum Gasteiger partial charge on any atom is 0.224 e. The summed E-state index contributed by atoms with van der Waals surface area (Å²) in [5.41, 5.74) is 4.81. The molecule has 1 unspecified atom stereocenters. The summed E-state index contributed by atoms with van der Waals surface area (Å²) in [5.74, 6) is 0.178. The van der Waals surface area contributed by atoms with Crippen LogP contribution in [-0.2, 0) is 16.0 Å². The molecule has 5 nitrogen and oxygen atoms in total. The van der Waals surface area contributed by atoms with Gasteiger partial charge in [0.05, 0.1) is 17.6 Å². The van der Waals surface area contributed by atoms with Crippen LogP contribution in [0.1, 0.15) is 17.5 Å². The highest BCUT2D eigenvalue weighted by atomic mass is 16.2. The smallest absolute Gasteiger partial charge is 0.224 e. The monoisotopic (exact) mass is 373 g/mol. The lowest BCUT2D eigenvalue weighted by Crippen LogP contribution is -2.31. The van der Waals surface area contributed by atoms with E-state index in [2.05, 4.69) is 17.6 Å². The van der Waals surface area contributed by atoms with Gasteiger partial charge in [0.2, 0.25) is 11.8 Å². The van der Waals surface area contributed by atoms with Crippen molar-refractivity contribution in [3.63, 3.8) is 0 Å². The van der Waals surface area contributed by atoms with E-state index in [0.717, 1.165) is 33.3 Å². The molecule has 0 spiro atoms. The third-order valence-electron chi connectivity index (χ3n) is 5.31. The first-order valence-corrected chi connectivity index (χ1v) is 9.59. The van der Waals surface area contributed by atoms with Crippen LogP contribution in [-0.4, -0.2) is 29.9 Å². The van der Waals surface area contributed by atoms with E-state index >= 15 is 0 Å². The number of aryl methyl sites for hydroxylation is 1. The summed E-state index contributed by atoms with van der Waals surface area (Å²) in [6, 6.07) is 18.0. The van der Waals surface area contributed by atoms with E-state index in [9.17, 15) is 9.59 Å². The van der Waals surface area contributed by atoms with Gasteiger partial charge >= 0.3 is 0 Å². The number of hydrogen-bond donors (Lipinski definition) is 2. The van der Waals surface area contributed by atoms with Crippen molar-refractivity contribution in [1.29, 1.82) is 0 Å². The fourth-order valence-electron chi connectivity index (χ4n) is 3.76. The molecule has 1 atom stereocenters. The molecule has 142 valence electrons. The number of hydrogen-bond acceptors (Lipinski definition) is 3. The zero-order chi connectivity index (χ0) is 19.5. The maximum atomic E-state index is 12.7. The lowest BCUT2D eigenvalue weighted by molar-refractivity contribution is -0.121. The Morgan fingerprint density at radius 3 is 2.64 bits per heavy atom. The third kappa shape index (κ3) is 3.74. The van der Waals surface area contributed by atoms with Crippen molar-refractivity contribution in [3.8, 4) is 11.3 Å². The van der Waals surface area contributed by atoms with Crippen LogP contribution in [0.15, 0.2) is 54.6 Å². The van der Waals surface area contributed by atoms with Gasteiger partial charge < -0.3 is 10.6 Å². The fraction of sp³-hybridized carbons (Fsp3) is 0.261. The normalized spacial score (nSPS) is 16.2. The number of carbonyl (C=O) groups is 2. The highest BCUT2D eigenvalue weighted by molar-refractivity contribution is 5.90. The summed E-state index contributed by atoms with van der Waals surface area (Å²) < 4.78 is 0. The van der Waals surface area contributed by atoms with Gasteiger partial charge in [0.15, 0.2) is 0 Å². The Kier molecular flexibility index (Phi) is 5.06. The van der Waals surface area contributed by atoms with Crippen molar-refractivity contribution in [2.24, 2.45) is 5.92 Å². The molecule has 2 N–H and O–H groups in total. The van der Waals surface area contributed by atoms with Crippen LogP contribution in [0, 0.1) is 12.8 Å². The van der Waals surface area contributed by atoms with E-state index in [-0.39, 0.29) is 24.2 Å². The molecule has 28 heavy (non-hydrogen) atoms. The lowest BCUT2D eigenvalue weighted by Gasteiger charge is -2.16. The molecular weight excluding hydrogens is 350 g/mol. The number of para-hydroxylation sites is 1. The Morgan fingerprint density at radius 2 is 1.89 bits per heavy atom. The number of fused-ring (bicyclic) bond motifs is 1. The predicted molar refractivity (Wildman–Crippen MR) is 110 cm³/mol. The van der Waals surface area contributed by atoms with E-state index in [1.54, 1.807) is 0 Å². The summed E-state index contributed by atoms with van der Waals surface area (Å²) in [6.07, 6.45) is 0.744. The Hall–Kier alpha value is -3.21. The molecule has 1 fully saturated rings. The van der Waals surface area contributed by atoms with Crippen molar-refractivity contribution in [2.75, 3.05) is 13.1 Å². The second-order valence-corrected chi connectivity index (χ2v) is 7.30. The van der Waals surface area contributed by atoms with Crippen LogP contribution in [0.3, 0.4) is 0 Å². The summed E-state index contributed by atoms with van der Waals surface area (Å²) in [5, 5.41) is 6.86. The van der Waals surface area contributed by atoms with E-state index in [4.69, 9.17) is 4.98 Å². The van der Waals surface area contributed by atoms with Crippen LogP contribution in [0.5, 0.6) is 0 Å². The lowest BCUT2D eigenvalue weighted by atomic mass is 9.95. The number of aromatic nitrogens is 1. The Balaban J connectivity index is 1.63. The van der Waals surface area contributed by atoms with Crippen molar-refractivity contribution in [1.82, 2.24) is 15.6 Å². The summed E-state index contributed by atoms with van der Waals surface area (Å²) in [6.45, 7) is 3.20. The largest absolute Gasteiger partial charge is 0.356 e. The molecule has 2 heterocycles. The topological polar surface area (TPSA) is 71.1 Å².